The van der Waals surface area contributed by atoms with Crippen molar-refractivity contribution in [1.82, 2.24) is 15.0 Å². The van der Waals surface area contributed by atoms with E-state index in [-0.39, 0.29) is 0 Å². The lowest BCUT2D eigenvalue weighted by atomic mass is 9.91. The Labute approximate surface area is 291 Å². The van der Waals surface area contributed by atoms with E-state index in [1.807, 2.05) is 36.4 Å². The Bertz CT molecular complexity index is 2570. The standard InChI is InChI=1S/C47H31N3/c1-2-16-40-38(11-1)29-43(42-18-4-3-17-41(40)42)37-15-10-14-36(28-37)35-13-9-12-34(27-35)32-21-23-33(24-22-32)39-30-46(44-19-5-7-25-48-44)50-47(31-39)45-20-6-8-26-49-45/h1-31H. The van der Waals surface area contributed by atoms with Crippen LogP contribution in [-0.4, -0.2) is 15.0 Å². The van der Waals surface area contributed by atoms with E-state index in [9.17, 15) is 0 Å². The largest absolute Gasteiger partial charge is 0.255 e. The number of hydrogen-bond donors (Lipinski definition) is 0. The molecular weight excluding hydrogens is 607 g/mol. The van der Waals surface area contributed by atoms with E-state index in [0.29, 0.717) is 0 Å². The van der Waals surface area contributed by atoms with Gasteiger partial charge in [0.1, 0.15) is 0 Å². The number of nitrogens with zero attached hydrogens (tertiary/aromatic N) is 3. The molecule has 50 heavy (non-hydrogen) atoms. The van der Waals surface area contributed by atoms with Crippen molar-refractivity contribution in [3.05, 3.63) is 188 Å². The molecule has 0 spiro atoms. The Morgan fingerprint density at radius 1 is 0.280 bits per heavy atom. The monoisotopic (exact) mass is 637 g/mol. The van der Waals surface area contributed by atoms with Gasteiger partial charge in [-0.15, -0.1) is 0 Å². The minimum Gasteiger partial charge on any atom is -0.255 e. The third-order valence-corrected chi connectivity index (χ3v) is 9.37. The topological polar surface area (TPSA) is 38.7 Å². The van der Waals surface area contributed by atoms with Crippen molar-refractivity contribution in [2.75, 3.05) is 0 Å². The predicted octanol–water partition coefficient (Wildman–Crippen LogP) is 12.2. The maximum atomic E-state index is 4.93. The zero-order chi connectivity index (χ0) is 33.3. The number of fused-ring (bicyclic) bond motifs is 3. The Hall–Kier alpha value is -6.71. The average molecular weight is 638 g/mol. The van der Waals surface area contributed by atoms with Gasteiger partial charge < -0.3 is 0 Å². The smallest absolute Gasteiger partial charge is 0.0900 e. The van der Waals surface area contributed by atoms with Gasteiger partial charge in [-0.25, -0.2) is 4.98 Å². The van der Waals surface area contributed by atoms with E-state index < -0.39 is 0 Å². The summed E-state index contributed by atoms with van der Waals surface area (Å²) in [4.78, 5) is 14.1. The highest BCUT2D eigenvalue weighted by atomic mass is 14.8. The zero-order valence-electron chi connectivity index (χ0n) is 27.2. The van der Waals surface area contributed by atoms with Gasteiger partial charge >= 0.3 is 0 Å². The second-order valence-electron chi connectivity index (χ2n) is 12.5. The number of hydrogen-bond acceptors (Lipinski definition) is 3. The van der Waals surface area contributed by atoms with Crippen molar-refractivity contribution in [3.63, 3.8) is 0 Å². The average Bonchev–Trinajstić information content (AvgIpc) is 3.21. The molecule has 0 bridgehead atoms. The first-order valence-corrected chi connectivity index (χ1v) is 16.8. The molecule has 0 radical (unpaired) electrons. The molecule has 3 heteroatoms. The van der Waals surface area contributed by atoms with Crippen LogP contribution in [0, 0.1) is 0 Å². The van der Waals surface area contributed by atoms with Gasteiger partial charge in [0, 0.05) is 12.4 Å². The SMILES string of the molecule is c1ccc(-c2cc(-c3ccc(-c4cccc(-c5cccc(-c6cc7ccccc7c7ccccc67)c5)c4)cc3)cc(-c3ccccn3)n2)nc1. The highest BCUT2D eigenvalue weighted by molar-refractivity contribution is 6.13. The highest BCUT2D eigenvalue weighted by Gasteiger charge is 2.12. The van der Waals surface area contributed by atoms with Crippen molar-refractivity contribution in [3.8, 4) is 67.3 Å². The molecule has 0 atom stereocenters. The quantitative estimate of drug-likeness (QED) is 0.170. The normalized spacial score (nSPS) is 11.2. The van der Waals surface area contributed by atoms with Crippen molar-refractivity contribution in [1.29, 1.82) is 0 Å². The zero-order valence-corrected chi connectivity index (χ0v) is 27.2. The molecule has 0 unspecified atom stereocenters. The number of benzene rings is 6. The summed E-state index contributed by atoms with van der Waals surface area (Å²) in [6.45, 7) is 0. The molecule has 3 aromatic heterocycles. The summed E-state index contributed by atoms with van der Waals surface area (Å²) in [5.41, 5.74) is 12.7. The summed E-state index contributed by atoms with van der Waals surface area (Å²) in [7, 11) is 0. The maximum absolute atomic E-state index is 4.93. The van der Waals surface area contributed by atoms with E-state index in [1.54, 1.807) is 12.4 Å². The van der Waals surface area contributed by atoms with Crippen LogP contribution in [0.1, 0.15) is 0 Å². The summed E-state index contributed by atoms with van der Waals surface area (Å²) >= 11 is 0. The van der Waals surface area contributed by atoms with Gasteiger partial charge in [-0.05, 0) is 121 Å². The van der Waals surface area contributed by atoms with Crippen molar-refractivity contribution in [2.45, 2.75) is 0 Å². The van der Waals surface area contributed by atoms with Crippen LogP contribution in [-0.2, 0) is 0 Å². The van der Waals surface area contributed by atoms with Crippen LogP contribution in [0.25, 0.3) is 88.8 Å². The molecular formula is C47H31N3. The number of rotatable bonds is 6. The molecule has 0 amide bonds. The third-order valence-electron chi connectivity index (χ3n) is 9.37. The molecule has 3 nitrogen and oxygen atoms in total. The number of aromatic nitrogens is 3. The molecule has 3 heterocycles. The molecule has 9 rings (SSSR count). The van der Waals surface area contributed by atoms with E-state index in [0.717, 1.165) is 39.5 Å². The van der Waals surface area contributed by atoms with Gasteiger partial charge in [0.15, 0.2) is 0 Å². The van der Waals surface area contributed by atoms with Gasteiger partial charge in [0.25, 0.3) is 0 Å². The molecule has 0 N–H and O–H groups in total. The fourth-order valence-electron chi connectivity index (χ4n) is 6.88. The van der Waals surface area contributed by atoms with Crippen molar-refractivity contribution >= 4 is 21.5 Å². The van der Waals surface area contributed by atoms with Gasteiger partial charge in [-0.1, -0.05) is 121 Å². The fourth-order valence-corrected chi connectivity index (χ4v) is 6.88. The Kier molecular flexibility index (Phi) is 7.49. The Morgan fingerprint density at radius 2 is 0.780 bits per heavy atom. The molecule has 0 saturated carbocycles. The molecule has 0 fully saturated rings. The van der Waals surface area contributed by atoms with E-state index in [2.05, 4.69) is 149 Å². The van der Waals surface area contributed by atoms with Crippen molar-refractivity contribution in [2.24, 2.45) is 0 Å². The first-order chi connectivity index (χ1) is 24.8. The van der Waals surface area contributed by atoms with Gasteiger partial charge in [0.05, 0.1) is 22.8 Å². The van der Waals surface area contributed by atoms with E-state index in [1.165, 1.54) is 49.4 Å². The van der Waals surface area contributed by atoms with Gasteiger partial charge in [0.2, 0.25) is 0 Å². The van der Waals surface area contributed by atoms with E-state index in [4.69, 9.17) is 4.98 Å². The predicted molar refractivity (Wildman–Crippen MR) is 207 cm³/mol. The molecule has 0 aliphatic carbocycles. The summed E-state index contributed by atoms with van der Waals surface area (Å²) in [6, 6.07) is 62.2. The first kappa shape index (κ1) is 29.4. The summed E-state index contributed by atoms with van der Waals surface area (Å²) in [5, 5.41) is 5.09. The molecule has 0 aliphatic rings. The first-order valence-electron chi connectivity index (χ1n) is 16.8. The summed E-state index contributed by atoms with van der Waals surface area (Å²) < 4.78 is 0. The highest BCUT2D eigenvalue weighted by Crippen LogP contribution is 2.37. The van der Waals surface area contributed by atoms with Gasteiger partial charge in [-0.2, -0.15) is 0 Å². The maximum Gasteiger partial charge on any atom is 0.0900 e. The molecule has 0 aliphatic heterocycles. The lowest BCUT2D eigenvalue weighted by molar-refractivity contribution is 1.22. The van der Waals surface area contributed by atoms with Crippen LogP contribution in [0.5, 0.6) is 0 Å². The van der Waals surface area contributed by atoms with Crippen LogP contribution >= 0.6 is 0 Å². The molecule has 234 valence electrons. The second-order valence-corrected chi connectivity index (χ2v) is 12.5. The Balaban J connectivity index is 1.06. The van der Waals surface area contributed by atoms with E-state index >= 15 is 0 Å². The minimum atomic E-state index is 0.819. The van der Waals surface area contributed by atoms with Gasteiger partial charge in [-0.3, -0.25) is 9.97 Å². The van der Waals surface area contributed by atoms with Crippen LogP contribution in [0.4, 0.5) is 0 Å². The lowest BCUT2D eigenvalue weighted by Crippen LogP contribution is -1.94. The molecule has 6 aromatic carbocycles. The molecule has 0 saturated heterocycles. The second kappa shape index (κ2) is 12.7. The lowest BCUT2D eigenvalue weighted by Gasteiger charge is -2.13. The fraction of sp³-hybridized carbons (Fsp3) is 0. The minimum absolute atomic E-state index is 0.819. The summed E-state index contributed by atoms with van der Waals surface area (Å²) in [5.74, 6) is 0. The van der Waals surface area contributed by atoms with Crippen LogP contribution in [0.2, 0.25) is 0 Å². The Morgan fingerprint density at radius 3 is 1.40 bits per heavy atom. The van der Waals surface area contributed by atoms with Crippen LogP contribution < -0.4 is 0 Å². The van der Waals surface area contributed by atoms with Crippen molar-refractivity contribution < 1.29 is 0 Å². The summed E-state index contributed by atoms with van der Waals surface area (Å²) in [6.07, 6.45) is 3.60. The third kappa shape index (κ3) is 5.61. The number of pyridine rings is 3. The van der Waals surface area contributed by atoms with Crippen LogP contribution in [0.3, 0.4) is 0 Å². The molecule has 9 aromatic rings. The van der Waals surface area contributed by atoms with Crippen LogP contribution in [0.15, 0.2) is 188 Å².